The lowest BCUT2D eigenvalue weighted by Gasteiger charge is -2.66. The Morgan fingerprint density at radius 1 is 1.00 bits per heavy atom. The molecule has 0 saturated heterocycles. The normalized spacial score (nSPS) is 49.4. The zero-order valence-electron chi connectivity index (χ0n) is 22.0. The number of hydrogen-bond acceptors (Lipinski definition) is 4. The summed E-state index contributed by atoms with van der Waals surface area (Å²) in [5.74, 6) is 2.64. The molecule has 0 bridgehead atoms. The summed E-state index contributed by atoms with van der Waals surface area (Å²) in [5, 5.41) is 34.7. The lowest BCUT2D eigenvalue weighted by Crippen LogP contribution is -2.72. The number of allylic oxidation sites excluding steroid dienone is 2. The highest BCUT2D eigenvalue weighted by atomic mass is 16.5. The van der Waals surface area contributed by atoms with Gasteiger partial charge >= 0.3 is 0 Å². The molecule has 3 fully saturated rings. The summed E-state index contributed by atoms with van der Waals surface area (Å²) >= 11 is 0. The van der Waals surface area contributed by atoms with Gasteiger partial charge in [-0.05, 0) is 79.1 Å². The van der Waals surface area contributed by atoms with E-state index in [0.717, 1.165) is 18.4 Å². The van der Waals surface area contributed by atoms with E-state index < -0.39 is 28.8 Å². The number of aliphatic hydroxyl groups is 3. The second kappa shape index (κ2) is 8.47. The van der Waals surface area contributed by atoms with Crippen LogP contribution in [0.15, 0.2) is 23.8 Å². The van der Waals surface area contributed by atoms with Crippen LogP contribution in [0.2, 0.25) is 0 Å². The van der Waals surface area contributed by atoms with Crippen molar-refractivity contribution in [3.8, 4) is 0 Å². The average molecular weight is 461 g/mol. The first-order chi connectivity index (χ1) is 15.3. The van der Waals surface area contributed by atoms with E-state index in [2.05, 4.69) is 52.8 Å². The van der Waals surface area contributed by atoms with Crippen LogP contribution in [0.1, 0.15) is 86.5 Å². The Balaban J connectivity index is 1.69. The summed E-state index contributed by atoms with van der Waals surface area (Å²) in [7, 11) is 1.65. The molecule has 3 N–H and O–H groups in total. The third-order valence-electron chi connectivity index (χ3n) is 11.1. The third-order valence-corrected chi connectivity index (χ3v) is 11.1. The van der Waals surface area contributed by atoms with Crippen LogP contribution in [0.3, 0.4) is 0 Å². The predicted molar refractivity (Wildman–Crippen MR) is 133 cm³/mol. The second-order valence-electron chi connectivity index (χ2n) is 12.9. The number of rotatable bonds is 5. The van der Waals surface area contributed by atoms with Crippen molar-refractivity contribution in [3.63, 3.8) is 0 Å². The van der Waals surface area contributed by atoms with Crippen molar-refractivity contribution in [3.05, 3.63) is 23.8 Å². The van der Waals surface area contributed by atoms with Gasteiger partial charge in [0, 0.05) is 18.9 Å². The average Bonchev–Trinajstić information content (AvgIpc) is 3.10. The Bertz CT molecular complexity index is 803. The zero-order chi connectivity index (χ0) is 24.4. The molecule has 0 aromatic rings. The maximum absolute atomic E-state index is 12.4. The Hall–Kier alpha value is -0.680. The van der Waals surface area contributed by atoms with Gasteiger partial charge in [0.2, 0.25) is 0 Å². The van der Waals surface area contributed by atoms with Gasteiger partial charge in [0.1, 0.15) is 11.7 Å². The minimum Gasteiger partial charge on any atom is -0.393 e. The molecule has 0 radical (unpaired) electrons. The molecule has 4 aliphatic rings. The van der Waals surface area contributed by atoms with E-state index in [1.807, 2.05) is 6.92 Å². The fraction of sp³-hybridized carbons (Fsp3) is 0.862. The van der Waals surface area contributed by atoms with E-state index in [-0.39, 0.29) is 11.8 Å². The summed E-state index contributed by atoms with van der Waals surface area (Å²) in [6.45, 7) is 13.7. The zero-order valence-corrected chi connectivity index (χ0v) is 22.0. The molecule has 4 nitrogen and oxygen atoms in total. The van der Waals surface area contributed by atoms with Crippen molar-refractivity contribution in [1.29, 1.82) is 0 Å². The first-order valence-corrected chi connectivity index (χ1v) is 13.4. The Kier molecular flexibility index (Phi) is 6.52. The second-order valence-corrected chi connectivity index (χ2v) is 12.9. The fourth-order valence-corrected chi connectivity index (χ4v) is 8.35. The van der Waals surface area contributed by atoms with Crippen LogP contribution >= 0.6 is 0 Å². The Morgan fingerprint density at radius 2 is 1.70 bits per heavy atom. The fourth-order valence-electron chi connectivity index (χ4n) is 8.35. The van der Waals surface area contributed by atoms with Gasteiger partial charge in [-0.15, -0.1) is 0 Å². The number of aliphatic hydroxyl groups excluding tert-OH is 1. The van der Waals surface area contributed by atoms with Crippen LogP contribution in [-0.2, 0) is 4.74 Å². The number of hydrogen-bond donors (Lipinski definition) is 3. The lowest BCUT2D eigenvalue weighted by atomic mass is 9.43. The smallest absolute Gasteiger partial charge is 0.105 e. The van der Waals surface area contributed by atoms with E-state index in [1.54, 1.807) is 7.11 Å². The van der Waals surface area contributed by atoms with E-state index >= 15 is 0 Å². The highest BCUT2D eigenvalue weighted by Crippen LogP contribution is 2.69. The van der Waals surface area contributed by atoms with Crippen LogP contribution in [0, 0.1) is 40.4 Å². The van der Waals surface area contributed by atoms with Crippen molar-refractivity contribution in [2.24, 2.45) is 40.4 Å². The van der Waals surface area contributed by atoms with Gasteiger partial charge in [-0.25, -0.2) is 0 Å². The first kappa shape index (κ1) is 25.4. The maximum atomic E-state index is 12.4. The van der Waals surface area contributed by atoms with E-state index in [1.165, 1.54) is 6.42 Å². The van der Waals surface area contributed by atoms with Gasteiger partial charge in [-0.2, -0.15) is 0 Å². The van der Waals surface area contributed by atoms with Crippen LogP contribution in [0.25, 0.3) is 0 Å². The monoisotopic (exact) mass is 460 g/mol. The quantitative estimate of drug-likeness (QED) is 0.489. The third kappa shape index (κ3) is 3.53. The van der Waals surface area contributed by atoms with E-state index in [0.29, 0.717) is 48.9 Å². The summed E-state index contributed by atoms with van der Waals surface area (Å²) in [6, 6.07) is 0. The summed E-state index contributed by atoms with van der Waals surface area (Å²) in [6.07, 6.45) is 11.2. The molecule has 4 heteroatoms. The van der Waals surface area contributed by atoms with E-state index in [4.69, 9.17) is 4.74 Å². The molecular weight excluding hydrogens is 412 g/mol. The molecule has 3 saturated carbocycles. The molecule has 0 amide bonds. The highest BCUT2D eigenvalue weighted by molar-refractivity contribution is 5.40. The van der Waals surface area contributed by atoms with Gasteiger partial charge in [0.15, 0.2) is 0 Å². The molecule has 4 rings (SSSR count). The van der Waals surface area contributed by atoms with Crippen molar-refractivity contribution in [2.75, 3.05) is 7.11 Å². The number of methoxy groups -OCH3 is 1. The molecule has 0 aliphatic heterocycles. The number of ether oxygens (including phenoxy) is 1. The molecule has 0 spiro atoms. The summed E-state index contributed by atoms with van der Waals surface area (Å²) < 4.78 is 5.85. The predicted octanol–water partition coefficient (Wildman–Crippen LogP) is 5.27. The topological polar surface area (TPSA) is 69.9 Å². The lowest BCUT2D eigenvalue weighted by molar-refractivity contribution is -0.262. The van der Waals surface area contributed by atoms with Crippen LogP contribution in [0.5, 0.6) is 0 Å². The van der Waals surface area contributed by atoms with Crippen molar-refractivity contribution in [1.82, 2.24) is 0 Å². The van der Waals surface area contributed by atoms with Crippen molar-refractivity contribution < 1.29 is 20.1 Å². The molecular formula is C29H48O4. The molecule has 0 heterocycles. The van der Waals surface area contributed by atoms with Gasteiger partial charge in [0.05, 0.1) is 11.7 Å². The standard InChI is InChI=1S/C29H48O4/c1-18(2)19(3)8-9-20(4)22-10-11-23-24-16-25(33-7)29(32)17-21(30)12-13-27(29,6)28(24,31)15-14-26(22,23)5/h8-9,16,18-23,25,30-32H,10-15,17H2,1-7H3/b9-8+/t19-,20+,21+,22-,23+,25-,26-,27-,28-,29+/m1/s1. The highest BCUT2D eigenvalue weighted by Gasteiger charge is 2.71. The van der Waals surface area contributed by atoms with Crippen LogP contribution < -0.4 is 0 Å². The van der Waals surface area contributed by atoms with Gasteiger partial charge in [-0.3, -0.25) is 0 Å². The largest absolute Gasteiger partial charge is 0.393 e. The van der Waals surface area contributed by atoms with Gasteiger partial charge in [-0.1, -0.05) is 59.8 Å². The minimum absolute atomic E-state index is 0.140. The molecule has 0 unspecified atom stereocenters. The molecule has 4 aliphatic carbocycles. The summed E-state index contributed by atoms with van der Waals surface area (Å²) in [5.41, 5.74) is -1.77. The minimum atomic E-state index is -1.26. The molecule has 33 heavy (non-hydrogen) atoms. The van der Waals surface area contributed by atoms with Crippen LogP contribution in [0.4, 0.5) is 0 Å². The number of fused-ring (bicyclic) bond motifs is 5. The van der Waals surface area contributed by atoms with Gasteiger partial charge < -0.3 is 20.1 Å². The molecule has 188 valence electrons. The van der Waals surface area contributed by atoms with Crippen molar-refractivity contribution in [2.45, 2.75) is 110 Å². The molecule has 10 atom stereocenters. The summed E-state index contributed by atoms with van der Waals surface area (Å²) in [4.78, 5) is 0. The van der Waals surface area contributed by atoms with Crippen molar-refractivity contribution >= 4 is 0 Å². The Labute approximate surface area is 201 Å². The van der Waals surface area contributed by atoms with E-state index in [9.17, 15) is 15.3 Å². The maximum Gasteiger partial charge on any atom is 0.105 e. The van der Waals surface area contributed by atoms with Gasteiger partial charge in [0.25, 0.3) is 0 Å². The Morgan fingerprint density at radius 3 is 2.33 bits per heavy atom. The van der Waals surface area contributed by atoms with Crippen LogP contribution in [-0.4, -0.2) is 45.8 Å². The SMILES string of the molecule is CO[C@@H]1C=C2[C@@H]3CC[C@H]([C@@H](C)/C=C/[C@@H](C)C(C)C)[C@@]3(C)CC[C@]2(O)[C@@]2(C)CC[C@H](O)C[C@]12O. The first-order valence-electron chi connectivity index (χ1n) is 13.4. The molecule has 0 aromatic carbocycles. The molecule has 0 aromatic heterocycles.